The number of benzene rings is 3. The van der Waals surface area contributed by atoms with Gasteiger partial charge >= 0.3 is 24.3 Å². The van der Waals surface area contributed by atoms with Crippen molar-refractivity contribution in [2.45, 2.75) is 36.7 Å². The first-order chi connectivity index (χ1) is 25.1. The molecule has 280 valence electrons. The average Bonchev–Trinajstić information content (AvgIpc) is 3.13. The van der Waals surface area contributed by atoms with E-state index in [1.165, 1.54) is 70.4 Å². The molecule has 0 heterocycles. The van der Waals surface area contributed by atoms with E-state index in [2.05, 4.69) is 5.32 Å². The molecule has 0 bridgehead atoms. The Labute approximate surface area is 308 Å². The van der Waals surface area contributed by atoms with Crippen LogP contribution >= 0.6 is 11.6 Å². The summed E-state index contributed by atoms with van der Waals surface area (Å²) in [4.78, 5) is 65.9. The van der Waals surface area contributed by atoms with Crippen LogP contribution in [0, 0.1) is 0 Å². The van der Waals surface area contributed by atoms with Crippen molar-refractivity contribution < 1.29 is 56.1 Å². The second-order valence-corrected chi connectivity index (χ2v) is 12.5. The van der Waals surface area contributed by atoms with Gasteiger partial charge in [-0.15, -0.1) is 0 Å². The highest BCUT2D eigenvalue weighted by Gasteiger charge is 2.53. The first-order valence-corrected chi connectivity index (χ1v) is 16.6. The Bertz CT molecular complexity index is 1890. The first kappa shape index (κ1) is 40.1. The van der Waals surface area contributed by atoms with E-state index in [1.807, 2.05) is 0 Å². The number of carbonyl (C=O) groups excluding carboxylic acids is 5. The monoisotopic (exact) mass is 756 g/mol. The van der Waals surface area contributed by atoms with Crippen molar-refractivity contribution in [2.24, 2.45) is 0 Å². The molecule has 0 aliphatic heterocycles. The molecule has 4 rings (SSSR count). The summed E-state index contributed by atoms with van der Waals surface area (Å²) < 4.78 is 60.5. The largest absolute Gasteiger partial charge is 0.513 e. The van der Waals surface area contributed by atoms with Crippen molar-refractivity contribution in [3.8, 4) is 11.1 Å². The van der Waals surface area contributed by atoms with E-state index in [-0.39, 0.29) is 35.8 Å². The molecule has 53 heavy (non-hydrogen) atoms. The summed E-state index contributed by atoms with van der Waals surface area (Å²) in [5.74, 6) is -3.85. The van der Waals surface area contributed by atoms with Crippen molar-refractivity contribution in [3.05, 3.63) is 119 Å². The second-order valence-electron chi connectivity index (χ2n) is 11.8. The van der Waals surface area contributed by atoms with Crippen molar-refractivity contribution >= 4 is 41.5 Å². The maximum Gasteiger partial charge on any atom is 0.513 e. The van der Waals surface area contributed by atoms with E-state index in [0.717, 1.165) is 17.0 Å². The van der Waals surface area contributed by atoms with Gasteiger partial charge in [0.15, 0.2) is 4.87 Å². The maximum absolute atomic E-state index is 13.5. The second kappa shape index (κ2) is 16.8. The van der Waals surface area contributed by atoms with Gasteiger partial charge in [-0.2, -0.15) is 13.2 Å². The standard InChI is InChI=1S/C38H36ClF3N2O9/c1-5-50-33(47)36(34(48)51-6-2,25-12-8-7-9-13-25)23-52-35(49)53-30-21-20-27(22-37(30,39)32(46)44(3)4)43-31(45)29-15-11-10-14-28(29)24-16-18-26(19-17-24)38(40,41)42/h7-21H,5-6,22-23H2,1-4H3,(H,43,45). The summed E-state index contributed by atoms with van der Waals surface area (Å²) in [6, 6.07) is 18.3. The van der Waals surface area contributed by atoms with E-state index < -0.39 is 65.0 Å². The number of hydrogen-bond acceptors (Lipinski definition) is 9. The minimum Gasteiger partial charge on any atom is -0.465 e. The van der Waals surface area contributed by atoms with Crippen LogP contribution in [0.15, 0.2) is 102 Å². The van der Waals surface area contributed by atoms with E-state index in [0.29, 0.717) is 11.1 Å². The lowest BCUT2D eigenvalue weighted by Gasteiger charge is -2.33. The molecule has 11 nitrogen and oxygen atoms in total. The molecule has 15 heteroatoms. The summed E-state index contributed by atoms with van der Waals surface area (Å²) in [5, 5.41) is 2.68. The molecule has 1 N–H and O–H groups in total. The fourth-order valence-electron chi connectivity index (χ4n) is 5.48. The quantitative estimate of drug-likeness (QED) is 0.0944. The Morgan fingerprint density at radius 2 is 1.38 bits per heavy atom. The van der Waals surface area contributed by atoms with Crippen LogP contribution in [-0.4, -0.2) is 73.6 Å². The van der Waals surface area contributed by atoms with Crippen molar-refractivity contribution in [2.75, 3.05) is 33.9 Å². The van der Waals surface area contributed by atoms with Gasteiger partial charge in [-0.25, -0.2) is 4.79 Å². The van der Waals surface area contributed by atoms with E-state index in [1.54, 1.807) is 36.4 Å². The molecule has 0 saturated carbocycles. The highest BCUT2D eigenvalue weighted by molar-refractivity contribution is 6.37. The minimum absolute atomic E-state index is 0.0998. The lowest BCUT2D eigenvalue weighted by Crippen LogP contribution is -2.50. The van der Waals surface area contributed by atoms with Gasteiger partial charge in [0, 0.05) is 31.8 Å². The normalized spacial score (nSPS) is 15.6. The molecule has 0 spiro atoms. The van der Waals surface area contributed by atoms with Crippen molar-refractivity contribution in [3.63, 3.8) is 0 Å². The van der Waals surface area contributed by atoms with Crippen LogP contribution in [0.5, 0.6) is 0 Å². The molecular formula is C38H36ClF3N2O9. The molecule has 1 aliphatic rings. The summed E-state index contributed by atoms with van der Waals surface area (Å²) in [6.45, 7) is 1.98. The zero-order valence-electron chi connectivity index (χ0n) is 29.1. The molecule has 2 amide bonds. The zero-order chi connectivity index (χ0) is 39.0. The van der Waals surface area contributed by atoms with E-state index >= 15 is 0 Å². The van der Waals surface area contributed by atoms with E-state index in [4.69, 9.17) is 30.5 Å². The van der Waals surface area contributed by atoms with Crippen LogP contribution in [0.2, 0.25) is 0 Å². The van der Waals surface area contributed by atoms with Gasteiger partial charge < -0.3 is 29.2 Å². The smallest absolute Gasteiger partial charge is 0.465 e. The molecule has 1 atom stereocenters. The Kier molecular flexibility index (Phi) is 12.7. The van der Waals surface area contributed by atoms with Crippen LogP contribution in [0.25, 0.3) is 11.1 Å². The average molecular weight is 757 g/mol. The predicted octanol–water partition coefficient (Wildman–Crippen LogP) is 6.56. The lowest BCUT2D eigenvalue weighted by atomic mass is 9.81. The first-order valence-electron chi connectivity index (χ1n) is 16.2. The molecule has 0 aromatic heterocycles. The number of allylic oxidation sites excluding steroid dienone is 3. The summed E-state index contributed by atoms with van der Waals surface area (Å²) in [5.41, 5.74) is -1.99. The third kappa shape index (κ3) is 8.88. The highest BCUT2D eigenvalue weighted by Crippen LogP contribution is 2.39. The van der Waals surface area contributed by atoms with Gasteiger partial charge in [0.25, 0.3) is 11.8 Å². The number of halogens is 4. The van der Waals surface area contributed by atoms with Crippen LogP contribution in [0.4, 0.5) is 18.0 Å². The minimum atomic E-state index is -4.54. The zero-order valence-corrected chi connectivity index (χ0v) is 29.9. The molecule has 0 radical (unpaired) electrons. The molecule has 3 aromatic carbocycles. The number of alkyl halides is 4. The maximum atomic E-state index is 13.5. The number of esters is 2. The van der Waals surface area contributed by atoms with Gasteiger partial charge in [-0.05, 0) is 60.9 Å². The molecule has 3 aromatic rings. The number of amides is 2. The molecular weight excluding hydrogens is 721 g/mol. The van der Waals surface area contributed by atoms with E-state index in [9.17, 15) is 37.1 Å². The van der Waals surface area contributed by atoms with Gasteiger partial charge in [0.05, 0.1) is 18.8 Å². The molecule has 1 aliphatic carbocycles. The Hall–Kier alpha value is -5.63. The van der Waals surface area contributed by atoms with Crippen LogP contribution in [-0.2, 0) is 44.9 Å². The fourth-order valence-corrected chi connectivity index (χ4v) is 5.89. The van der Waals surface area contributed by atoms with Gasteiger partial charge in [0.2, 0.25) is 5.41 Å². The van der Waals surface area contributed by atoms with Crippen LogP contribution < -0.4 is 5.32 Å². The Morgan fingerprint density at radius 1 is 0.792 bits per heavy atom. The number of nitrogens with zero attached hydrogens (tertiary/aromatic N) is 1. The molecule has 0 saturated heterocycles. The third-order valence-electron chi connectivity index (χ3n) is 8.09. The molecule has 1 unspecified atom stereocenters. The van der Waals surface area contributed by atoms with Gasteiger partial charge in [0.1, 0.15) is 12.4 Å². The Balaban J connectivity index is 1.61. The number of hydrogen-bond donors (Lipinski definition) is 1. The van der Waals surface area contributed by atoms with Crippen LogP contribution in [0.1, 0.15) is 41.8 Å². The van der Waals surface area contributed by atoms with Crippen molar-refractivity contribution in [1.82, 2.24) is 10.2 Å². The number of ether oxygens (including phenoxy) is 4. The van der Waals surface area contributed by atoms with Gasteiger partial charge in [-0.3, -0.25) is 19.2 Å². The summed E-state index contributed by atoms with van der Waals surface area (Å²) >= 11 is 6.88. The summed E-state index contributed by atoms with van der Waals surface area (Å²) in [6.07, 6.45) is -3.83. The lowest BCUT2D eigenvalue weighted by molar-refractivity contribution is -0.167. The van der Waals surface area contributed by atoms with Crippen molar-refractivity contribution in [1.29, 1.82) is 0 Å². The highest BCUT2D eigenvalue weighted by atomic mass is 35.5. The number of nitrogens with one attached hydrogen (secondary N) is 1. The Morgan fingerprint density at radius 3 is 1.94 bits per heavy atom. The van der Waals surface area contributed by atoms with Crippen LogP contribution in [0.3, 0.4) is 0 Å². The fraction of sp³-hybridized carbons (Fsp3) is 0.289. The third-order valence-corrected chi connectivity index (χ3v) is 8.57. The predicted molar refractivity (Wildman–Crippen MR) is 186 cm³/mol. The SMILES string of the molecule is CCOC(=O)C(COC(=O)OC1=CC=C(NC(=O)c2ccccc2-c2ccc(C(F)(F)F)cc2)CC1(Cl)C(=O)N(C)C)(C(=O)OCC)c1ccccc1. The van der Waals surface area contributed by atoms with Gasteiger partial charge in [-0.1, -0.05) is 72.3 Å². The number of carbonyl (C=O) groups is 5. The topological polar surface area (TPSA) is 138 Å². The summed E-state index contributed by atoms with van der Waals surface area (Å²) in [7, 11) is 2.82. The number of rotatable bonds is 12. The molecule has 0 fully saturated rings.